The summed E-state index contributed by atoms with van der Waals surface area (Å²) in [7, 11) is 0. The van der Waals surface area contributed by atoms with E-state index in [0.29, 0.717) is 5.92 Å². The van der Waals surface area contributed by atoms with E-state index in [1.54, 1.807) is 0 Å². The molecule has 0 bridgehead atoms. The fourth-order valence-corrected chi connectivity index (χ4v) is 2.53. The van der Waals surface area contributed by atoms with E-state index in [1.807, 2.05) is 30.5 Å². The second-order valence-electron chi connectivity index (χ2n) is 5.34. The first-order valence-electron chi connectivity index (χ1n) is 6.86. The molecule has 2 nitrogen and oxygen atoms in total. The summed E-state index contributed by atoms with van der Waals surface area (Å²) in [5.74, 6) is 0.471. The van der Waals surface area contributed by atoms with E-state index in [0.717, 1.165) is 28.4 Å². The summed E-state index contributed by atoms with van der Waals surface area (Å²) in [5.41, 5.74) is 4.18. The number of hydrogen-bond acceptors (Lipinski definition) is 1. The summed E-state index contributed by atoms with van der Waals surface area (Å²) >= 11 is 0. The van der Waals surface area contributed by atoms with Gasteiger partial charge < -0.3 is 4.57 Å². The fourth-order valence-electron chi connectivity index (χ4n) is 2.53. The Morgan fingerprint density at radius 1 is 1.05 bits per heavy atom. The maximum atomic E-state index is 11.3. The van der Waals surface area contributed by atoms with E-state index in [-0.39, 0.29) is 0 Å². The zero-order valence-electron chi connectivity index (χ0n) is 11.7. The zero-order valence-corrected chi connectivity index (χ0v) is 11.7. The van der Waals surface area contributed by atoms with E-state index < -0.39 is 0 Å². The lowest BCUT2D eigenvalue weighted by molar-refractivity contribution is 0.112. The molecule has 3 rings (SSSR count). The lowest BCUT2D eigenvalue weighted by Crippen LogP contribution is -1.93. The van der Waals surface area contributed by atoms with Crippen molar-refractivity contribution in [2.45, 2.75) is 19.8 Å². The van der Waals surface area contributed by atoms with Gasteiger partial charge >= 0.3 is 0 Å². The van der Waals surface area contributed by atoms with Crippen LogP contribution in [0.2, 0.25) is 0 Å². The molecule has 0 aliphatic rings. The Hall–Kier alpha value is -2.35. The Bertz CT molecular complexity index is 754. The number of carbonyl (C=O) groups is 1. The maximum Gasteiger partial charge on any atom is 0.152 e. The van der Waals surface area contributed by atoms with Gasteiger partial charge in [-0.3, -0.25) is 4.79 Å². The van der Waals surface area contributed by atoms with Gasteiger partial charge in [-0.1, -0.05) is 44.2 Å². The van der Waals surface area contributed by atoms with Gasteiger partial charge in [0, 0.05) is 22.8 Å². The molecule has 100 valence electrons. The summed E-state index contributed by atoms with van der Waals surface area (Å²) in [6.07, 6.45) is 2.84. The topological polar surface area (TPSA) is 22.0 Å². The predicted octanol–water partition coefficient (Wildman–Crippen LogP) is 4.57. The number of rotatable bonds is 3. The molecule has 0 N–H and O–H groups in total. The van der Waals surface area contributed by atoms with Crippen molar-refractivity contribution in [1.82, 2.24) is 4.57 Å². The van der Waals surface area contributed by atoms with Crippen LogP contribution in [0.5, 0.6) is 0 Å². The molecular weight excluding hydrogens is 246 g/mol. The molecule has 2 heteroatoms. The van der Waals surface area contributed by atoms with Crippen LogP contribution >= 0.6 is 0 Å². The standard InChI is InChI=1S/C18H17NO/c1-13(2)14-8-9-17-15(12-20)11-19(18(17)10-14)16-6-4-3-5-7-16/h3-13H,1-2H3. The van der Waals surface area contributed by atoms with Crippen LogP contribution in [0.25, 0.3) is 16.6 Å². The van der Waals surface area contributed by atoms with Gasteiger partial charge in [-0.15, -0.1) is 0 Å². The fraction of sp³-hybridized carbons (Fsp3) is 0.167. The number of aromatic nitrogens is 1. The number of hydrogen-bond donors (Lipinski definition) is 0. The van der Waals surface area contributed by atoms with Crippen molar-refractivity contribution in [3.8, 4) is 5.69 Å². The number of carbonyl (C=O) groups excluding carboxylic acids is 1. The molecule has 1 heterocycles. The number of para-hydroxylation sites is 1. The third kappa shape index (κ3) is 2.03. The van der Waals surface area contributed by atoms with Crippen molar-refractivity contribution < 1.29 is 4.79 Å². The Labute approximate surface area is 118 Å². The van der Waals surface area contributed by atoms with E-state index >= 15 is 0 Å². The summed E-state index contributed by atoms with van der Waals surface area (Å²) in [5, 5.41) is 1.01. The van der Waals surface area contributed by atoms with Crippen LogP contribution in [-0.2, 0) is 0 Å². The Kier molecular flexibility index (Phi) is 3.15. The van der Waals surface area contributed by atoms with Gasteiger partial charge in [0.2, 0.25) is 0 Å². The summed E-state index contributed by atoms with van der Waals surface area (Å²) in [6, 6.07) is 16.5. The molecule has 0 atom stereocenters. The minimum atomic E-state index is 0.471. The first kappa shape index (κ1) is 12.7. The van der Waals surface area contributed by atoms with Crippen LogP contribution in [0.1, 0.15) is 35.7 Å². The molecule has 0 saturated carbocycles. The SMILES string of the molecule is CC(C)c1ccc2c(C=O)cn(-c3ccccc3)c2c1. The molecule has 0 aliphatic heterocycles. The molecule has 0 aliphatic carbocycles. The highest BCUT2D eigenvalue weighted by Gasteiger charge is 2.11. The van der Waals surface area contributed by atoms with Crippen LogP contribution in [0.3, 0.4) is 0 Å². The van der Waals surface area contributed by atoms with E-state index in [9.17, 15) is 4.79 Å². The highest BCUT2D eigenvalue weighted by molar-refractivity contribution is 5.98. The van der Waals surface area contributed by atoms with E-state index in [4.69, 9.17) is 0 Å². The normalized spacial score (nSPS) is 11.2. The molecule has 1 aromatic heterocycles. The van der Waals surface area contributed by atoms with Gasteiger partial charge in [0.25, 0.3) is 0 Å². The van der Waals surface area contributed by atoms with Crippen LogP contribution in [-0.4, -0.2) is 10.9 Å². The number of fused-ring (bicyclic) bond motifs is 1. The lowest BCUT2D eigenvalue weighted by Gasteiger charge is -2.08. The summed E-state index contributed by atoms with van der Waals surface area (Å²) < 4.78 is 2.09. The molecule has 20 heavy (non-hydrogen) atoms. The molecular formula is C18H17NO. The monoisotopic (exact) mass is 263 g/mol. The molecule has 0 spiro atoms. The van der Waals surface area contributed by atoms with Crippen LogP contribution in [0.4, 0.5) is 0 Å². The second-order valence-corrected chi connectivity index (χ2v) is 5.34. The van der Waals surface area contributed by atoms with Crippen molar-refractivity contribution in [1.29, 1.82) is 0 Å². The average Bonchev–Trinajstić information content (AvgIpc) is 2.86. The second kappa shape index (κ2) is 4.97. The Morgan fingerprint density at radius 2 is 1.80 bits per heavy atom. The van der Waals surface area contributed by atoms with Crippen molar-refractivity contribution in [3.05, 3.63) is 65.9 Å². The molecule has 3 aromatic rings. The van der Waals surface area contributed by atoms with Gasteiger partial charge in [-0.25, -0.2) is 0 Å². The van der Waals surface area contributed by atoms with E-state index in [1.165, 1.54) is 5.56 Å². The van der Waals surface area contributed by atoms with Gasteiger partial charge in [0.15, 0.2) is 6.29 Å². The third-order valence-corrected chi connectivity index (χ3v) is 3.69. The van der Waals surface area contributed by atoms with Crippen molar-refractivity contribution in [2.24, 2.45) is 0 Å². The summed E-state index contributed by atoms with van der Waals surface area (Å²) in [6.45, 7) is 4.36. The Balaban J connectivity index is 2.31. The third-order valence-electron chi connectivity index (χ3n) is 3.69. The number of aldehydes is 1. The van der Waals surface area contributed by atoms with Crippen molar-refractivity contribution in [3.63, 3.8) is 0 Å². The van der Waals surface area contributed by atoms with E-state index in [2.05, 4.69) is 42.7 Å². The van der Waals surface area contributed by atoms with Crippen LogP contribution < -0.4 is 0 Å². The van der Waals surface area contributed by atoms with Crippen LogP contribution in [0, 0.1) is 0 Å². The highest BCUT2D eigenvalue weighted by Crippen LogP contribution is 2.27. The Morgan fingerprint density at radius 3 is 2.45 bits per heavy atom. The average molecular weight is 263 g/mol. The molecule has 0 fully saturated rings. The molecule has 0 radical (unpaired) electrons. The predicted molar refractivity (Wildman–Crippen MR) is 82.8 cm³/mol. The van der Waals surface area contributed by atoms with Crippen molar-refractivity contribution >= 4 is 17.2 Å². The maximum absolute atomic E-state index is 11.3. The lowest BCUT2D eigenvalue weighted by atomic mass is 10.0. The number of benzene rings is 2. The van der Waals surface area contributed by atoms with Gasteiger partial charge in [0.1, 0.15) is 0 Å². The minimum Gasteiger partial charge on any atom is -0.316 e. The number of nitrogens with zero attached hydrogens (tertiary/aromatic N) is 1. The first-order chi connectivity index (χ1) is 9.70. The largest absolute Gasteiger partial charge is 0.316 e. The highest BCUT2D eigenvalue weighted by atomic mass is 16.1. The summed E-state index contributed by atoms with van der Waals surface area (Å²) in [4.78, 5) is 11.3. The van der Waals surface area contributed by atoms with Crippen molar-refractivity contribution in [2.75, 3.05) is 0 Å². The van der Waals surface area contributed by atoms with Gasteiger partial charge in [0.05, 0.1) is 5.52 Å². The van der Waals surface area contributed by atoms with Crippen LogP contribution in [0.15, 0.2) is 54.7 Å². The smallest absolute Gasteiger partial charge is 0.152 e. The van der Waals surface area contributed by atoms with Gasteiger partial charge in [-0.2, -0.15) is 0 Å². The zero-order chi connectivity index (χ0) is 14.1. The molecule has 0 amide bonds. The first-order valence-corrected chi connectivity index (χ1v) is 6.86. The molecule has 2 aromatic carbocycles. The molecule has 0 unspecified atom stereocenters. The molecule has 0 saturated heterocycles. The minimum absolute atomic E-state index is 0.471. The van der Waals surface area contributed by atoms with Gasteiger partial charge in [-0.05, 0) is 29.7 Å². The quantitative estimate of drug-likeness (QED) is 0.635.